The molecule has 3 fully saturated rings. The molecule has 2 aliphatic heterocycles. The van der Waals surface area contributed by atoms with Gasteiger partial charge in [0.25, 0.3) is 5.56 Å². The molecule has 2 saturated heterocycles. The van der Waals surface area contributed by atoms with Gasteiger partial charge < -0.3 is 9.64 Å². The first-order chi connectivity index (χ1) is 11.8. The highest BCUT2D eigenvalue weighted by Crippen LogP contribution is 2.38. The van der Waals surface area contributed by atoms with Crippen molar-refractivity contribution in [3.63, 3.8) is 0 Å². The first-order valence-electron chi connectivity index (χ1n) is 9.66. The van der Waals surface area contributed by atoms with Crippen molar-refractivity contribution >= 4 is 0 Å². The van der Waals surface area contributed by atoms with E-state index in [9.17, 15) is 4.79 Å². The maximum absolute atomic E-state index is 12.1. The molecule has 3 heterocycles. The molecule has 24 heavy (non-hydrogen) atoms. The highest BCUT2D eigenvalue weighted by atomic mass is 16.5. The zero-order valence-corrected chi connectivity index (χ0v) is 14.5. The van der Waals surface area contributed by atoms with Crippen molar-refractivity contribution in [2.75, 3.05) is 32.8 Å². The summed E-state index contributed by atoms with van der Waals surface area (Å²) >= 11 is 0. The third-order valence-corrected chi connectivity index (χ3v) is 5.88. The van der Waals surface area contributed by atoms with Crippen LogP contribution in [0.15, 0.2) is 16.9 Å². The molecule has 1 saturated carbocycles. The van der Waals surface area contributed by atoms with E-state index in [-0.39, 0.29) is 5.56 Å². The lowest BCUT2D eigenvalue weighted by Gasteiger charge is -2.35. The zero-order valence-electron chi connectivity index (χ0n) is 14.5. The van der Waals surface area contributed by atoms with E-state index in [0.717, 1.165) is 31.4 Å². The number of piperidine rings is 1. The van der Waals surface area contributed by atoms with E-state index in [1.54, 1.807) is 10.7 Å². The highest BCUT2D eigenvalue weighted by Gasteiger charge is 2.27. The summed E-state index contributed by atoms with van der Waals surface area (Å²) in [6.07, 6.45) is 7.27. The van der Waals surface area contributed by atoms with Crippen molar-refractivity contribution in [3.8, 4) is 0 Å². The van der Waals surface area contributed by atoms with E-state index in [2.05, 4.69) is 10.00 Å². The van der Waals surface area contributed by atoms with Crippen LogP contribution in [0.1, 0.15) is 50.1 Å². The van der Waals surface area contributed by atoms with Crippen LogP contribution in [0.5, 0.6) is 0 Å². The maximum Gasteiger partial charge on any atom is 0.266 e. The van der Waals surface area contributed by atoms with Crippen LogP contribution in [0.3, 0.4) is 0 Å². The number of rotatable bonds is 5. The summed E-state index contributed by atoms with van der Waals surface area (Å²) in [5, 5.41) is 4.62. The highest BCUT2D eigenvalue weighted by molar-refractivity contribution is 5.12. The van der Waals surface area contributed by atoms with Gasteiger partial charge in [-0.15, -0.1) is 0 Å². The molecule has 1 aliphatic carbocycles. The first-order valence-corrected chi connectivity index (χ1v) is 9.66. The number of aromatic nitrogens is 2. The third kappa shape index (κ3) is 4.06. The van der Waals surface area contributed by atoms with E-state index in [1.165, 1.54) is 58.2 Å². The van der Waals surface area contributed by atoms with Crippen LogP contribution < -0.4 is 5.56 Å². The van der Waals surface area contributed by atoms with E-state index in [4.69, 9.17) is 4.74 Å². The fraction of sp³-hybridized carbons (Fsp3) is 0.789. The van der Waals surface area contributed by atoms with Gasteiger partial charge in [-0.05, 0) is 69.5 Å². The van der Waals surface area contributed by atoms with Gasteiger partial charge in [0.05, 0.1) is 5.69 Å². The zero-order chi connectivity index (χ0) is 16.4. The van der Waals surface area contributed by atoms with Crippen LogP contribution in [0, 0.1) is 11.8 Å². The van der Waals surface area contributed by atoms with Gasteiger partial charge in [-0.2, -0.15) is 5.10 Å². The fourth-order valence-electron chi connectivity index (χ4n) is 4.08. The molecule has 0 radical (unpaired) electrons. The lowest BCUT2D eigenvalue weighted by Crippen LogP contribution is -2.40. The second-order valence-electron chi connectivity index (χ2n) is 7.85. The minimum atomic E-state index is 0.0593. The molecule has 0 spiro atoms. The Morgan fingerprint density at radius 3 is 2.38 bits per heavy atom. The lowest BCUT2D eigenvalue weighted by atomic mass is 9.94. The van der Waals surface area contributed by atoms with Crippen molar-refractivity contribution in [2.45, 2.75) is 51.0 Å². The molecular weight excluding hydrogens is 302 g/mol. The molecule has 0 amide bonds. The van der Waals surface area contributed by atoms with Crippen LogP contribution in [0.25, 0.3) is 0 Å². The summed E-state index contributed by atoms with van der Waals surface area (Å²) in [4.78, 5) is 14.7. The Labute approximate surface area is 144 Å². The van der Waals surface area contributed by atoms with E-state index in [1.807, 2.05) is 6.07 Å². The summed E-state index contributed by atoms with van der Waals surface area (Å²) in [7, 11) is 0. The quantitative estimate of drug-likeness (QED) is 0.830. The molecule has 0 N–H and O–H groups in total. The van der Waals surface area contributed by atoms with E-state index in [0.29, 0.717) is 11.8 Å². The molecule has 1 aromatic heterocycles. The molecule has 0 unspecified atom stereocenters. The van der Waals surface area contributed by atoms with Gasteiger partial charge in [0.2, 0.25) is 0 Å². The molecule has 0 aromatic carbocycles. The molecule has 3 aliphatic rings. The van der Waals surface area contributed by atoms with Crippen LogP contribution in [0.2, 0.25) is 0 Å². The van der Waals surface area contributed by atoms with Crippen molar-refractivity contribution in [1.29, 1.82) is 0 Å². The Morgan fingerprint density at radius 2 is 1.67 bits per heavy atom. The smallest absolute Gasteiger partial charge is 0.266 e. The monoisotopic (exact) mass is 331 g/mol. The van der Waals surface area contributed by atoms with Gasteiger partial charge in [0.15, 0.2) is 0 Å². The average Bonchev–Trinajstić information content (AvgIpc) is 3.45. The standard InChI is InChI=1S/C19H29N3O2/c23-19-4-3-18(17-1-2-17)20-22(19)14-15-5-9-21(10-6-15)13-16-7-11-24-12-8-16/h3-4,15-17H,1-2,5-14H2. The molecule has 5 nitrogen and oxygen atoms in total. The largest absolute Gasteiger partial charge is 0.381 e. The second kappa shape index (κ2) is 7.36. The second-order valence-corrected chi connectivity index (χ2v) is 7.85. The molecular formula is C19H29N3O2. The van der Waals surface area contributed by atoms with Crippen LogP contribution in [-0.4, -0.2) is 47.5 Å². The Hall–Kier alpha value is -1.20. The number of nitrogens with zero attached hydrogens (tertiary/aromatic N) is 3. The van der Waals surface area contributed by atoms with Crippen molar-refractivity contribution in [1.82, 2.24) is 14.7 Å². The Bertz CT molecular complexity index is 597. The number of hydrogen-bond acceptors (Lipinski definition) is 4. The Kier molecular flexibility index (Phi) is 4.99. The Balaban J connectivity index is 1.28. The average molecular weight is 331 g/mol. The van der Waals surface area contributed by atoms with E-state index < -0.39 is 0 Å². The fourth-order valence-corrected chi connectivity index (χ4v) is 4.08. The van der Waals surface area contributed by atoms with Crippen LogP contribution in [-0.2, 0) is 11.3 Å². The summed E-state index contributed by atoms with van der Waals surface area (Å²) < 4.78 is 7.19. The maximum atomic E-state index is 12.1. The van der Waals surface area contributed by atoms with Crippen molar-refractivity contribution < 1.29 is 4.74 Å². The predicted molar refractivity (Wildman–Crippen MR) is 93.2 cm³/mol. The molecule has 1 aromatic rings. The summed E-state index contributed by atoms with van der Waals surface area (Å²) in [6.45, 7) is 6.23. The summed E-state index contributed by atoms with van der Waals surface area (Å²) in [5.41, 5.74) is 1.18. The van der Waals surface area contributed by atoms with Gasteiger partial charge in [-0.3, -0.25) is 4.79 Å². The molecule has 132 valence electrons. The van der Waals surface area contributed by atoms with Crippen LogP contribution in [0.4, 0.5) is 0 Å². The minimum Gasteiger partial charge on any atom is -0.381 e. The van der Waals surface area contributed by atoms with Gasteiger partial charge in [0, 0.05) is 38.3 Å². The lowest BCUT2D eigenvalue weighted by molar-refractivity contribution is 0.0459. The molecule has 0 bridgehead atoms. The van der Waals surface area contributed by atoms with Gasteiger partial charge in [-0.25, -0.2) is 4.68 Å². The topological polar surface area (TPSA) is 47.4 Å². The van der Waals surface area contributed by atoms with Gasteiger partial charge in [0.1, 0.15) is 0 Å². The van der Waals surface area contributed by atoms with E-state index >= 15 is 0 Å². The van der Waals surface area contributed by atoms with Crippen molar-refractivity contribution in [3.05, 3.63) is 28.2 Å². The molecule has 5 heteroatoms. The molecule has 4 rings (SSSR count). The summed E-state index contributed by atoms with van der Waals surface area (Å²) in [5.74, 6) is 2.02. The SMILES string of the molecule is O=c1ccc(C2CC2)nn1CC1CCN(CC2CCOCC2)CC1. The van der Waals surface area contributed by atoms with Crippen molar-refractivity contribution in [2.24, 2.45) is 11.8 Å². The number of ether oxygens (including phenoxy) is 1. The van der Waals surface area contributed by atoms with Gasteiger partial charge >= 0.3 is 0 Å². The number of likely N-dealkylation sites (tertiary alicyclic amines) is 1. The van der Waals surface area contributed by atoms with Crippen LogP contribution >= 0.6 is 0 Å². The summed E-state index contributed by atoms with van der Waals surface area (Å²) in [6, 6.07) is 3.63. The third-order valence-electron chi connectivity index (χ3n) is 5.88. The minimum absolute atomic E-state index is 0.0593. The first kappa shape index (κ1) is 16.3. The number of hydrogen-bond donors (Lipinski definition) is 0. The normalized spacial score (nSPS) is 24.3. The van der Waals surface area contributed by atoms with Gasteiger partial charge in [-0.1, -0.05) is 0 Å². The molecule has 0 atom stereocenters. The Morgan fingerprint density at radius 1 is 0.958 bits per heavy atom. The predicted octanol–water partition coefficient (Wildman–Crippen LogP) is 2.26.